The summed E-state index contributed by atoms with van der Waals surface area (Å²) in [5.41, 5.74) is 3.79. The van der Waals surface area contributed by atoms with Gasteiger partial charge >= 0.3 is 6.09 Å². The van der Waals surface area contributed by atoms with Crippen LogP contribution in [0.4, 0.5) is 4.79 Å². The summed E-state index contributed by atoms with van der Waals surface area (Å²) in [6.07, 6.45) is 6.06. The molecule has 11 heteroatoms. The van der Waals surface area contributed by atoms with Gasteiger partial charge in [0, 0.05) is 30.6 Å². The fourth-order valence-electron chi connectivity index (χ4n) is 6.66. The zero-order chi connectivity index (χ0) is 35.9. The Morgan fingerprint density at radius 2 is 1.16 bits per heavy atom. The number of amides is 3. The van der Waals surface area contributed by atoms with Crippen molar-refractivity contribution in [2.24, 2.45) is 0 Å². The van der Waals surface area contributed by atoms with Crippen LogP contribution < -0.4 is 5.32 Å². The third-order valence-electron chi connectivity index (χ3n) is 9.12. The number of hydrogen-bond donors (Lipinski definition) is 3. The zero-order valence-corrected chi connectivity index (χ0v) is 29.7. The Bertz CT molecular complexity index is 2170. The van der Waals surface area contributed by atoms with Crippen molar-refractivity contribution in [1.82, 2.24) is 35.1 Å². The van der Waals surface area contributed by atoms with Gasteiger partial charge in [0.15, 0.2) is 0 Å². The number of hydrogen-bond acceptors (Lipinski definition) is 6. The fraction of sp³-hybridized carbons (Fsp3) is 0.325. The maximum absolute atomic E-state index is 12.8. The molecule has 4 aromatic carbocycles. The molecule has 11 nitrogen and oxygen atoms in total. The van der Waals surface area contributed by atoms with Crippen molar-refractivity contribution in [3.05, 3.63) is 84.7 Å². The second-order valence-corrected chi connectivity index (χ2v) is 12.8. The van der Waals surface area contributed by atoms with Crippen LogP contribution in [0.5, 0.6) is 0 Å². The molecule has 0 saturated heterocycles. The Kier molecular flexibility index (Phi) is 10.9. The average molecular weight is 688 g/mol. The van der Waals surface area contributed by atoms with E-state index in [1.165, 1.54) is 7.11 Å². The van der Waals surface area contributed by atoms with Gasteiger partial charge in [0.2, 0.25) is 11.8 Å². The molecule has 6 aromatic rings. The van der Waals surface area contributed by atoms with Crippen LogP contribution in [0.1, 0.15) is 58.1 Å². The number of aromatic amines is 2. The van der Waals surface area contributed by atoms with Gasteiger partial charge in [-0.05, 0) is 63.7 Å². The van der Waals surface area contributed by atoms with E-state index in [0.29, 0.717) is 38.4 Å². The molecule has 3 N–H and O–H groups in total. The number of benzene rings is 4. The van der Waals surface area contributed by atoms with Crippen LogP contribution in [0.15, 0.2) is 73.1 Å². The quantitative estimate of drug-likeness (QED) is 0.101. The van der Waals surface area contributed by atoms with Gasteiger partial charge in [-0.25, -0.2) is 14.8 Å². The number of methoxy groups -OCH3 is 1. The molecule has 0 bridgehead atoms. The Labute approximate surface area is 297 Å². The highest BCUT2D eigenvalue weighted by Crippen LogP contribution is 2.38. The van der Waals surface area contributed by atoms with E-state index in [1.807, 2.05) is 24.9 Å². The summed E-state index contributed by atoms with van der Waals surface area (Å²) < 4.78 is 4.59. The van der Waals surface area contributed by atoms with E-state index in [0.717, 1.165) is 79.9 Å². The molecule has 2 aromatic heterocycles. The maximum atomic E-state index is 12.8. The lowest BCUT2D eigenvalue weighted by Gasteiger charge is -2.21. The molecule has 2 heterocycles. The third kappa shape index (κ3) is 7.72. The first-order chi connectivity index (χ1) is 24.8. The van der Waals surface area contributed by atoms with Gasteiger partial charge in [-0.2, -0.15) is 0 Å². The molecule has 6 rings (SSSR count). The fourth-order valence-corrected chi connectivity index (χ4v) is 6.66. The van der Waals surface area contributed by atoms with Gasteiger partial charge in [-0.15, -0.1) is 0 Å². The summed E-state index contributed by atoms with van der Waals surface area (Å²) in [5.74, 6) is 1.39. The number of nitrogens with one attached hydrogen (secondary N) is 3. The molecule has 264 valence electrons. The molecule has 0 saturated carbocycles. The second-order valence-electron chi connectivity index (χ2n) is 12.8. The van der Waals surface area contributed by atoms with Gasteiger partial charge in [0.05, 0.1) is 44.0 Å². The number of carbonyl (C=O) groups excluding carboxylic acids is 3. The van der Waals surface area contributed by atoms with Crippen LogP contribution in [-0.2, 0) is 27.4 Å². The SMILES string of the molecule is CCCC(=O)N(CCC)Cc1ncc(-c2ccc3c4ccc(-c5cnc(CN(CCC)C(=O)CNC(=O)OC)[nH]5)cc4c4ccccc4c3c2)[nH]1. The van der Waals surface area contributed by atoms with Crippen molar-refractivity contribution in [1.29, 1.82) is 0 Å². The van der Waals surface area contributed by atoms with E-state index >= 15 is 0 Å². The summed E-state index contributed by atoms with van der Waals surface area (Å²) >= 11 is 0. The number of carbonyl (C=O) groups is 3. The van der Waals surface area contributed by atoms with Gasteiger partial charge in [-0.1, -0.05) is 69.3 Å². The first-order valence-corrected chi connectivity index (χ1v) is 17.7. The lowest BCUT2D eigenvalue weighted by Crippen LogP contribution is -2.40. The Hall–Kier alpha value is -5.71. The van der Waals surface area contributed by atoms with E-state index in [4.69, 9.17) is 0 Å². The topological polar surface area (TPSA) is 136 Å². The monoisotopic (exact) mass is 687 g/mol. The van der Waals surface area contributed by atoms with E-state index in [9.17, 15) is 14.4 Å². The number of rotatable bonds is 14. The standard InChI is InChI=1S/C40H45N7O4/c1-5-10-38(48)46(17-6-2)24-36-41-21-34(44-36)26-13-15-30-31-16-14-27(20-33(31)29-12-9-8-11-28(29)32(30)19-26)35-22-42-37(45-35)25-47(18-7-3)39(49)23-43-40(50)51-4/h8-9,11-16,19-22H,5-7,10,17-18,23-25H2,1-4H3,(H,41,44)(H,42,45)(H,43,50). The van der Waals surface area contributed by atoms with Gasteiger partial charge in [0.1, 0.15) is 18.2 Å². The van der Waals surface area contributed by atoms with Crippen LogP contribution in [-0.4, -0.2) is 74.4 Å². The summed E-state index contributed by atoms with van der Waals surface area (Å²) in [4.78, 5) is 56.7. The molecule has 51 heavy (non-hydrogen) atoms. The molecule has 3 amide bonds. The highest BCUT2D eigenvalue weighted by atomic mass is 16.5. The lowest BCUT2D eigenvalue weighted by molar-refractivity contribution is -0.132. The Balaban J connectivity index is 1.29. The number of ether oxygens (including phenoxy) is 1. The molecule has 0 aliphatic rings. The van der Waals surface area contributed by atoms with E-state index < -0.39 is 6.09 Å². The smallest absolute Gasteiger partial charge is 0.407 e. The number of alkyl carbamates (subject to hydrolysis) is 1. The van der Waals surface area contributed by atoms with Gasteiger partial charge < -0.3 is 29.8 Å². The molecule has 0 aliphatic carbocycles. The molecular formula is C40H45N7O4. The maximum Gasteiger partial charge on any atom is 0.407 e. The van der Waals surface area contributed by atoms with Crippen molar-refractivity contribution < 1.29 is 19.1 Å². The largest absolute Gasteiger partial charge is 0.453 e. The number of aromatic nitrogens is 4. The minimum absolute atomic E-state index is 0.143. The van der Waals surface area contributed by atoms with Crippen molar-refractivity contribution >= 4 is 50.2 Å². The van der Waals surface area contributed by atoms with E-state index in [2.05, 4.69) is 97.6 Å². The first-order valence-electron chi connectivity index (χ1n) is 17.7. The summed E-state index contributed by atoms with van der Waals surface area (Å²) in [6.45, 7) is 7.98. The second kappa shape index (κ2) is 15.9. The van der Waals surface area contributed by atoms with Gasteiger partial charge in [0.25, 0.3) is 0 Å². The Morgan fingerprint density at radius 3 is 1.63 bits per heavy atom. The molecule has 0 atom stereocenters. The minimum atomic E-state index is -0.643. The number of fused-ring (bicyclic) bond motifs is 6. The van der Waals surface area contributed by atoms with Crippen LogP contribution >= 0.6 is 0 Å². The minimum Gasteiger partial charge on any atom is -0.453 e. The first kappa shape index (κ1) is 35.1. The predicted molar refractivity (Wildman–Crippen MR) is 201 cm³/mol. The van der Waals surface area contributed by atoms with Crippen LogP contribution in [0.3, 0.4) is 0 Å². The van der Waals surface area contributed by atoms with Crippen molar-refractivity contribution in [3.63, 3.8) is 0 Å². The highest BCUT2D eigenvalue weighted by molar-refractivity contribution is 6.26. The Morgan fingerprint density at radius 1 is 0.667 bits per heavy atom. The van der Waals surface area contributed by atoms with Crippen molar-refractivity contribution in [2.45, 2.75) is 59.5 Å². The van der Waals surface area contributed by atoms with Crippen LogP contribution in [0.25, 0.3) is 54.8 Å². The highest BCUT2D eigenvalue weighted by Gasteiger charge is 2.18. The zero-order valence-electron chi connectivity index (χ0n) is 29.7. The van der Waals surface area contributed by atoms with Crippen molar-refractivity contribution in [3.8, 4) is 22.5 Å². The van der Waals surface area contributed by atoms with Gasteiger partial charge in [-0.3, -0.25) is 9.59 Å². The summed E-state index contributed by atoms with van der Waals surface area (Å²) in [5, 5.41) is 9.33. The van der Waals surface area contributed by atoms with Crippen molar-refractivity contribution in [2.75, 3.05) is 26.7 Å². The predicted octanol–water partition coefficient (Wildman–Crippen LogP) is 7.56. The number of H-pyrrole nitrogens is 2. The molecule has 0 unspecified atom stereocenters. The van der Waals surface area contributed by atoms with E-state index in [1.54, 1.807) is 11.1 Å². The number of nitrogens with zero attached hydrogens (tertiary/aromatic N) is 4. The summed E-state index contributed by atoms with van der Waals surface area (Å²) in [6, 6.07) is 21.4. The van der Waals surface area contributed by atoms with Crippen LogP contribution in [0.2, 0.25) is 0 Å². The lowest BCUT2D eigenvalue weighted by atomic mass is 9.91. The number of imidazole rings is 2. The molecule has 0 aliphatic heterocycles. The molecular weight excluding hydrogens is 642 g/mol. The van der Waals surface area contributed by atoms with E-state index in [-0.39, 0.29) is 18.4 Å². The normalized spacial score (nSPS) is 11.3. The molecule has 0 radical (unpaired) electrons. The summed E-state index contributed by atoms with van der Waals surface area (Å²) in [7, 11) is 1.27. The average Bonchev–Trinajstić information content (AvgIpc) is 3.83. The van der Waals surface area contributed by atoms with Crippen LogP contribution in [0, 0.1) is 0 Å². The molecule has 0 spiro atoms. The third-order valence-corrected chi connectivity index (χ3v) is 9.12. The molecule has 0 fully saturated rings.